The normalized spacial score (nSPS) is 32.2. The van der Waals surface area contributed by atoms with E-state index in [1.54, 1.807) is 0 Å². The van der Waals surface area contributed by atoms with Crippen LogP contribution in [0.1, 0.15) is 45.4 Å². The maximum atomic E-state index is 12.3. The van der Waals surface area contributed by atoms with Crippen LogP contribution in [0.5, 0.6) is 0 Å². The molecule has 3 atom stereocenters. The third-order valence-electron chi connectivity index (χ3n) is 4.40. The molecule has 0 radical (unpaired) electrons. The van der Waals surface area contributed by atoms with E-state index in [1.165, 1.54) is 19.3 Å². The van der Waals surface area contributed by atoms with E-state index >= 15 is 0 Å². The Morgan fingerprint density at radius 3 is 2.44 bits per heavy atom. The van der Waals surface area contributed by atoms with E-state index in [0.29, 0.717) is 6.04 Å². The summed E-state index contributed by atoms with van der Waals surface area (Å²) in [5, 5.41) is 0. The number of nitrogens with two attached hydrogens (primary N) is 1. The van der Waals surface area contributed by atoms with Crippen molar-refractivity contribution in [2.24, 2.45) is 17.6 Å². The molecule has 92 valence electrons. The first-order valence-corrected chi connectivity index (χ1v) is 6.63. The van der Waals surface area contributed by atoms with Crippen molar-refractivity contribution in [2.75, 3.05) is 7.05 Å². The van der Waals surface area contributed by atoms with Crippen LogP contribution >= 0.6 is 0 Å². The van der Waals surface area contributed by atoms with Crippen LogP contribution < -0.4 is 5.73 Å². The summed E-state index contributed by atoms with van der Waals surface area (Å²) < 4.78 is 0. The second-order valence-corrected chi connectivity index (χ2v) is 5.58. The van der Waals surface area contributed by atoms with Crippen LogP contribution in [0.25, 0.3) is 0 Å². The molecule has 0 saturated heterocycles. The van der Waals surface area contributed by atoms with Gasteiger partial charge in [-0.2, -0.15) is 0 Å². The first-order chi connectivity index (χ1) is 7.61. The van der Waals surface area contributed by atoms with E-state index in [2.05, 4.69) is 6.92 Å². The van der Waals surface area contributed by atoms with Crippen LogP contribution in [-0.4, -0.2) is 29.9 Å². The fourth-order valence-corrected chi connectivity index (χ4v) is 2.82. The fourth-order valence-electron chi connectivity index (χ4n) is 2.82. The van der Waals surface area contributed by atoms with Crippen molar-refractivity contribution in [1.82, 2.24) is 4.90 Å². The highest BCUT2D eigenvalue weighted by Crippen LogP contribution is 2.35. The van der Waals surface area contributed by atoms with Gasteiger partial charge in [0, 0.05) is 19.1 Å². The predicted octanol–water partition coefficient (Wildman–Crippen LogP) is 1.76. The third kappa shape index (κ3) is 2.40. The Balaban J connectivity index is 1.94. The highest BCUT2D eigenvalue weighted by Gasteiger charge is 2.36. The van der Waals surface area contributed by atoms with E-state index in [1.807, 2.05) is 11.9 Å². The van der Waals surface area contributed by atoms with Crippen LogP contribution in [0, 0.1) is 11.8 Å². The highest BCUT2D eigenvalue weighted by atomic mass is 16.2. The van der Waals surface area contributed by atoms with Crippen LogP contribution in [0.2, 0.25) is 0 Å². The van der Waals surface area contributed by atoms with E-state index < -0.39 is 0 Å². The second-order valence-electron chi connectivity index (χ2n) is 5.58. The second kappa shape index (κ2) is 4.74. The lowest BCUT2D eigenvalue weighted by Crippen LogP contribution is -2.47. The molecule has 3 nitrogen and oxygen atoms in total. The van der Waals surface area contributed by atoms with Crippen molar-refractivity contribution < 1.29 is 4.79 Å². The summed E-state index contributed by atoms with van der Waals surface area (Å²) in [5.74, 6) is 1.11. The maximum absolute atomic E-state index is 12.3. The Morgan fingerprint density at radius 1 is 1.25 bits per heavy atom. The summed E-state index contributed by atoms with van der Waals surface area (Å²) in [6.07, 6.45) is 6.93. The van der Waals surface area contributed by atoms with Gasteiger partial charge in [0.1, 0.15) is 0 Å². The van der Waals surface area contributed by atoms with Gasteiger partial charge in [-0.1, -0.05) is 12.8 Å². The molecular weight excluding hydrogens is 200 g/mol. The predicted molar refractivity (Wildman–Crippen MR) is 64.9 cm³/mol. The molecule has 0 spiro atoms. The molecular formula is C13H24N2O. The lowest BCUT2D eigenvalue weighted by molar-refractivity contribution is -0.138. The smallest absolute Gasteiger partial charge is 0.227 e. The molecule has 0 heterocycles. The quantitative estimate of drug-likeness (QED) is 0.794. The Bertz CT molecular complexity index is 263. The maximum Gasteiger partial charge on any atom is 0.227 e. The fraction of sp³-hybridized carbons (Fsp3) is 0.923. The van der Waals surface area contributed by atoms with Crippen LogP contribution in [0.15, 0.2) is 0 Å². The van der Waals surface area contributed by atoms with E-state index in [9.17, 15) is 4.79 Å². The van der Waals surface area contributed by atoms with Gasteiger partial charge in [0.2, 0.25) is 5.91 Å². The molecule has 3 heteroatoms. The van der Waals surface area contributed by atoms with Crippen molar-refractivity contribution >= 4 is 5.91 Å². The average Bonchev–Trinajstić information content (AvgIpc) is 3.11. The van der Waals surface area contributed by atoms with Crippen molar-refractivity contribution in [3.8, 4) is 0 Å². The number of hydrogen-bond acceptors (Lipinski definition) is 2. The molecule has 16 heavy (non-hydrogen) atoms. The van der Waals surface area contributed by atoms with Gasteiger partial charge >= 0.3 is 0 Å². The lowest BCUT2D eigenvalue weighted by Gasteiger charge is -2.34. The molecule has 2 aliphatic rings. The molecule has 0 aromatic carbocycles. The number of amides is 1. The van der Waals surface area contributed by atoms with Crippen molar-refractivity contribution in [3.63, 3.8) is 0 Å². The van der Waals surface area contributed by atoms with Crippen molar-refractivity contribution in [3.05, 3.63) is 0 Å². The Kier molecular flexibility index (Phi) is 3.53. The van der Waals surface area contributed by atoms with Gasteiger partial charge in [-0.15, -0.1) is 0 Å². The molecule has 0 aromatic rings. The molecule has 2 saturated carbocycles. The third-order valence-corrected chi connectivity index (χ3v) is 4.40. The minimum atomic E-state index is 0.0833. The number of carbonyl (C=O) groups is 1. The summed E-state index contributed by atoms with van der Waals surface area (Å²) in [6.45, 7) is 2.17. The van der Waals surface area contributed by atoms with E-state index in [0.717, 1.165) is 25.2 Å². The number of hydrogen-bond donors (Lipinski definition) is 1. The summed E-state index contributed by atoms with van der Waals surface area (Å²) in [5.41, 5.74) is 6.06. The first-order valence-electron chi connectivity index (χ1n) is 6.63. The SMILES string of the molecule is CC(C1CC1)N(C)C(=O)C1CCCCC1N. The topological polar surface area (TPSA) is 46.3 Å². The molecule has 1 amide bonds. The Morgan fingerprint density at radius 2 is 1.88 bits per heavy atom. The zero-order valence-electron chi connectivity index (χ0n) is 10.5. The van der Waals surface area contributed by atoms with E-state index in [4.69, 9.17) is 5.73 Å². The van der Waals surface area contributed by atoms with Gasteiger partial charge in [-0.3, -0.25) is 4.79 Å². The van der Waals surface area contributed by atoms with Crippen LogP contribution in [0.4, 0.5) is 0 Å². The highest BCUT2D eigenvalue weighted by molar-refractivity contribution is 5.79. The number of rotatable bonds is 3. The van der Waals surface area contributed by atoms with Gasteiger partial charge in [0.05, 0.1) is 5.92 Å². The van der Waals surface area contributed by atoms with Gasteiger partial charge in [0.25, 0.3) is 0 Å². The average molecular weight is 224 g/mol. The summed E-state index contributed by atoms with van der Waals surface area (Å²) in [4.78, 5) is 14.3. The number of carbonyl (C=O) groups excluding carboxylic acids is 1. The summed E-state index contributed by atoms with van der Waals surface area (Å²) in [6, 6.07) is 0.497. The van der Waals surface area contributed by atoms with Gasteiger partial charge < -0.3 is 10.6 Å². The summed E-state index contributed by atoms with van der Waals surface area (Å²) in [7, 11) is 1.95. The van der Waals surface area contributed by atoms with Crippen molar-refractivity contribution in [2.45, 2.75) is 57.5 Å². The minimum absolute atomic E-state index is 0.0833. The van der Waals surface area contributed by atoms with Crippen LogP contribution in [0.3, 0.4) is 0 Å². The Hall–Kier alpha value is -0.570. The van der Waals surface area contributed by atoms with Gasteiger partial charge in [-0.05, 0) is 38.5 Å². The molecule has 2 aliphatic carbocycles. The molecule has 2 rings (SSSR count). The van der Waals surface area contributed by atoms with Gasteiger partial charge in [0.15, 0.2) is 0 Å². The molecule has 0 aliphatic heterocycles. The zero-order valence-corrected chi connectivity index (χ0v) is 10.5. The zero-order chi connectivity index (χ0) is 11.7. The molecule has 0 bridgehead atoms. The van der Waals surface area contributed by atoms with Crippen molar-refractivity contribution in [1.29, 1.82) is 0 Å². The van der Waals surface area contributed by atoms with E-state index in [-0.39, 0.29) is 17.9 Å². The first kappa shape index (κ1) is 11.9. The van der Waals surface area contributed by atoms with Crippen LogP contribution in [-0.2, 0) is 4.79 Å². The van der Waals surface area contributed by atoms with Gasteiger partial charge in [-0.25, -0.2) is 0 Å². The molecule has 2 fully saturated rings. The number of nitrogens with zero attached hydrogens (tertiary/aromatic N) is 1. The summed E-state index contributed by atoms with van der Waals surface area (Å²) >= 11 is 0. The molecule has 3 unspecified atom stereocenters. The largest absolute Gasteiger partial charge is 0.342 e. The molecule has 0 aromatic heterocycles. The monoisotopic (exact) mass is 224 g/mol. The lowest BCUT2D eigenvalue weighted by atomic mass is 9.84. The standard InChI is InChI=1S/C13H24N2O/c1-9(10-7-8-10)15(2)13(16)11-5-3-4-6-12(11)14/h9-12H,3-8,14H2,1-2H3. The minimum Gasteiger partial charge on any atom is -0.342 e. The molecule has 2 N–H and O–H groups in total. The Labute approximate surface area is 98.4 Å².